The van der Waals surface area contributed by atoms with Gasteiger partial charge in [0.05, 0.1) is 10.6 Å². The van der Waals surface area contributed by atoms with Crippen LogP contribution < -0.4 is 14.8 Å². The molecule has 1 aliphatic rings. The molecule has 35 heavy (non-hydrogen) atoms. The average Bonchev–Trinajstić information content (AvgIpc) is 3.58. The van der Waals surface area contributed by atoms with E-state index in [0.29, 0.717) is 22.9 Å². The molecule has 0 fully saturated rings. The SMILES string of the molecule is O=C(COC(=O)c1cc(-c2cccs2)nn1-c1ccccc1)NC(=O)[C@@H]1COc2ccccc2O1. The van der Waals surface area contributed by atoms with E-state index in [9.17, 15) is 14.4 Å². The predicted molar refractivity (Wildman–Crippen MR) is 127 cm³/mol. The molecule has 176 valence electrons. The van der Waals surface area contributed by atoms with Crippen LogP contribution in [-0.2, 0) is 14.3 Å². The van der Waals surface area contributed by atoms with Gasteiger partial charge in [-0.2, -0.15) is 5.10 Å². The van der Waals surface area contributed by atoms with Crippen LogP contribution in [0.1, 0.15) is 10.5 Å². The molecule has 10 heteroatoms. The third kappa shape index (κ3) is 4.92. The second-order valence-corrected chi connectivity index (χ2v) is 8.44. The summed E-state index contributed by atoms with van der Waals surface area (Å²) in [6, 6.07) is 21.4. The Labute approximate surface area is 203 Å². The van der Waals surface area contributed by atoms with Crippen molar-refractivity contribution in [2.24, 2.45) is 0 Å². The van der Waals surface area contributed by atoms with Gasteiger partial charge in [0.2, 0.25) is 6.10 Å². The maximum Gasteiger partial charge on any atom is 0.357 e. The van der Waals surface area contributed by atoms with Crippen LogP contribution >= 0.6 is 11.3 Å². The smallest absolute Gasteiger partial charge is 0.357 e. The van der Waals surface area contributed by atoms with E-state index >= 15 is 0 Å². The monoisotopic (exact) mass is 489 g/mol. The summed E-state index contributed by atoms with van der Waals surface area (Å²) in [6.07, 6.45) is -1.00. The van der Waals surface area contributed by atoms with Crippen molar-refractivity contribution in [2.75, 3.05) is 13.2 Å². The third-order valence-corrected chi connectivity index (χ3v) is 5.98. The van der Waals surface area contributed by atoms with Gasteiger partial charge in [-0.3, -0.25) is 14.9 Å². The quantitative estimate of drug-likeness (QED) is 0.414. The molecule has 0 saturated carbocycles. The van der Waals surface area contributed by atoms with Crippen molar-refractivity contribution in [1.29, 1.82) is 0 Å². The molecule has 0 aliphatic carbocycles. The Balaban J connectivity index is 1.24. The minimum absolute atomic E-state index is 0.0440. The van der Waals surface area contributed by atoms with Gasteiger partial charge < -0.3 is 14.2 Å². The zero-order chi connectivity index (χ0) is 24.2. The number of fused-ring (bicyclic) bond motifs is 1. The van der Waals surface area contributed by atoms with Gasteiger partial charge in [-0.1, -0.05) is 36.4 Å². The first kappa shape index (κ1) is 22.4. The summed E-state index contributed by atoms with van der Waals surface area (Å²) in [5.74, 6) is -1.29. The number of esters is 1. The summed E-state index contributed by atoms with van der Waals surface area (Å²) in [5, 5.41) is 8.63. The molecule has 0 spiro atoms. The van der Waals surface area contributed by atoms with E-state index in [-0.39, 0.29) is 12.3 Å². The van der Waals surface area contributed by atoms with Gasteiger partial charge in [0.25, 0.3) is 11.8 Å². The number of hydrogen-bond acceptors (Lipinski definition) is 8. The van der Waals surface area contributed by atoms with Gasteiger partial charge in [0, 0.05) is 6.07 Å². The molecule has 9 nitrogen and oxygen atoms in total. The fourth-order valence-corrected chi connectivity index (χ4v) is 4.13. The lowest BCUT2D eigenvalue weighted by Gasteiger charge is -2.25. The van der Waals surface area contributed by atoms with Crippen molar-refractivity contribution in [1.82, 2.24) is 15.1 Å². The average molecular weight is 490 g/mol. The maximum atomic E-state index is 12.9. The van der Waals surface area contributed by atoms with Gasteiger partial charge >= 0.3 is 5.97 Å². The van der Waals surface area contributed by atoms with E-state index in [1.807, 2.05) is 35.7 Å². The summed E-state index contributed by atoms with van der Waals surface area (Å²) < 4.78 is 17.7. The summed E-state index contributed by atoms with van der Waals surface area (Å²) in [7, 11) is 0. The molecule has 1 aliphatic heterocycles. The zero-order valence-electron chi connectivity index (χ0n) is 18.2. The van der Waals surface area contributed by atoms with Crippen LogP contribution in [0.3, 0.4) is 0 Å². The molecule has 0 bridgehead atoms. The molecule has 3 heterocycles. The van der Waals surface area contributed by atoms with E-state index in [2.05, 4.69) is 10.4 Å². The van der Waals surface area contributed by atoms with Crippen molar-refractivity contribution in [3.8, 4) is 27.8 Å². The van der Waals surface area contributed by atoms with E-state index < -0.39 is 30.5 Å². The van der Waals surface area contributed by atoms with E-state index in [1.165, 1.54) is 16.0 Å². The van der Waals surface area contributed by atoms with Gasteiger partial charge in [-0.15, -0.1) is 11.3 Å². The topological polar surface area (TPSA) is 109 Å². The number of carbonyl (C=O) groups is 3. The molecule has 1 N–H and O–H groups in total. The largest absolute Gasteiger partial charge is 0.485 e. The van der Waals surface area contributed by atoms with Crippen molar-refractivity contribution in [3.63, 3.8) is 0 Å². The fourth-order valence-electron chi connectivity index (χ4n) is 3.44. The number of nitrogens with zero attached hydrogens (tertiary/aromatic N) is 2. The standard InChI is InChI=1S/C25H19N3O6S/c29-23(26-24(30)21-14-32-19-9-4-5-10-20(19)34-21)15-33-25(31)18-13-17(22-11-6-12-35-22)27-28(18)16-7-2-1-3-8-16/h1-13,21H,14-15H2,(H,26,29,30)/t21-/m0/s1. The number of hydrogen-bond donors (Lipinski definition) is 1. The lowest BCUT2D eigenvalue weighted by Crippen LogP contribution is -2.47. The van der Waals surface area contributed by atoms with E-state index in [0.717, 1.165) is 4.88 Å². The Kier molecular flexibility index (Phi) is 6.27. The number of aromatic nitrogens is 2. The van der Waals surface area contributed by atoms with Crippen molar-refractivity contribution in [3.05, 3.63) is 83.9 Å². The summed E-state index contributed by atoms with van der Waals surface area (Å²) >= 11 is 1.49. The van der Waals surface area contributed by atoms with Crippen LogP contribution in [0.5, 0.6) is 11.5 Å². The van der Waals surface area contributed by atoms with E-state index in [1.54, 1.807) is 42.5 Å². The summed E-state index contributed by atoms with van der Waals surface area (Å²) in [5.41, 5.74) is 1.42. The number of amides is 2. The molecule has 1 atom stereocenters. The van der Waals surface area contributed by atoms with Crippen LogP contribution in [0.25, 0.3) is 16.3 Å². The van der Waals surface area contributed by atoms with Gasteiger partial charge in [0.15, 0.2) is 23.8 Å². The lowest BCUT2D eigenvalue weighted by molar-refractivity contribution is -0.137. The highest BCUT2D eigenvalue weighted by molar-refractivity contribution is 7.13. The molecule has 0 saturated heterocycles. The third-order valence-electron chi connectivity index (χ3n) is 5.09. The second kappa shape index (κ2) is 9.82. The predicted octanol–water partition coefficient (Wildman–Crippen LogP) is 3.24. The molecule has 5 rings (SSSR count). The number of ether oxygens (including phenoxy) is 3. The maximum absolute atomic E-state index is 12.9. The molecule has 0 radical (unpaired) electrons. The Morgan fingerprint density at radius 3 is 2.57 bits per heavy atom. The Bertz CT molecular complexity index is 1370. The first-order valence-corrected chi connectivity index (χ1v) is 11.5. The number of rotatable bonds is 6. The molecule has 2 aromatic heterocycles. The molecular weight excluding hydrogens is 470 g/mol. The van der Waals surface area contributed by atoms with E-state index in [4.69, 9.17) is 14.2 Å². The molecule has 4 aromatic rings. The first-order valence-electron chi connectivity index (χ1n) is 10.7. The highest BCUT2D eigenvalue weighted by atomic mass is 32.1. The zero-order valence-corrected chi connectivity index (χ0v) is 19.1. The highest BCUT2D eigenvalue weighted by Crippen LogP contribution is 2.31. The number of thiophene rings is 1. The minimum Gasteiger partial charge on any atom is -0.485 e. The first-order chi connectivity index (χ1) is 17.1. The molecular formula is C25H19N3O6S. The van der Waals surface area contributed by atoms with Crippen molar-refractivity contribution >= 4 is 29.1 Å². The van der Waals surface area contributed by atoms with Gasteiger partial charge in [0.1, 0.15) is 12.3 Å². The van der Waals surface area contributed by atoms with Crippen LogP contribution in [0, 0.1) is 0 Å². The number of benzene rings is 2. The second-order valence-electron chi connectivity index (χ2n) is 7.49. The summed E-state index contributed by atoms with van der Waals surface area (Å²) in [4.78, 5) is 38.5. The van der Waals surface area contributed by atoms with Gasteiger partial charge in [-0.05, 0) is 35.7 Å². The normalized spacial score (nSPS) is 14.2. The highest BCUT2D eigenvalue weighted by Gasteiger charge is 2.29. The summed E-state index contributed by atoms with van der Waals surface area (Å²) in [6.45, 7) is -0.694. The number of para-hydroxylation sites is 3. The van der Waals surface area contributed by atoms with Gasteiger partial charge in [-0.25, -0.2) is 9.48 Å². The minimum atomic E-state index is -1.00. The Morgan fingerprint density at radius 1 is 1.03 bits per heavy atom. The number of imide groups is 1. The number of carbonyl (C=O) groups excluding carboxylic acids is 3. The van der Waals surface area contributed by atoms with Crippen LogP contribution in [0.2, 0.25) is 0 Å². The lowest BCUT2D eigenvalue weighted by atomic mass is 10.2. The molecule has 2 amide bonds. The fraction of sp³-hybridized carbons (Fsp3) is 0.120. The van der Waals surface area contributed by atoms with Crippen LogP contribution in [0.15, 0.2) is 78.2 Å². The van der Waals surface area contributed by atoms with Crippen molar-refractivity contribution < 1.29 is 28.6 Å². The van der Waals surface area contributed by atoms with Crippen LogP contribution in [-0.4, -0.2) is 46.9 Å². The van der Waals surface area contributed by atoms with Crippen LogP contribution in [0.4, 0.5) is 0 Å². The van der Waals surface area contributed by atoms with Crippen molar-refractivity contribution in [2.45, 2.75) is 6.10 Å². The Morgan fingerprint density at radius 2 is 1.80 bits per heavy atom. The molecule has 2 aromatic carbocycles. The molecule has 0 unspecified atom stereocenters. The number of nitrogens with one attached hydrogen (secondary N) is 1. The Hall–Kier alpha value is -4.44.